The molecule has 1 atom stereocenters. The van der Waals surface area contributed by atoms with Crippen LogP contribution in [0.4, 0.5) is 0 Å². The molecular formula is C20H21NO. The van der Waals surface area contributed by atoms with Crippen molar-refractivity contribution in [3.8, 4) is 11.3 Å². The number of rotatable bonds is 4. The highest BCUT2D eigenvalue weighted by Crippen LogP contribution is 2.32. The van der Waals surface area contributed by atoms with Crippen LogP contribution in [0.25, 0.3) is 22.2 Å². The first-order valence-corrected chi connectivity index (χ1v) is 7.82. The van der Waals surface area contributed by atoms with Crippen LogP contribution in [0.3, 0.4) is 0 Å². The van der Waals surface area contributed by atoms with Crippen molar-refractivity contribution in [2.45, 2.75) is 33.1 Å². The fraction of sp³-hybridized carbons (Fsp3) is 0.250. The molecule has 1 unspecified atom stereocenters. The second-order valence-corrected chi connectivity index (χ2v) is 6.02. The maximum Gasteiger partial charge on any atom is 0.152 e. The molecule has 1 heterocycles. The number of aldehydes is 1. The van der Waals surface area contributed by atoms with Crippen molar-refractivity contribution in [2.24, 2.45) is 0 Å². The van der Waals surface area contributed by atoms with Gasteiger partial charge in [0.2, 0.25) is 0 Å². The normalized spacial score (nSPS) is 12.5. The predicted octanol–water partition coefficient (Wildman–Crippen LogP) is 5.47. The topological polar surface area (TPSA) is 32.9 Å². The van der Waals surface area contributed by atoms with Gasteiger partial charge < -0.3 is 4.98 Å². The summed E-state index contributed by atoms with van der Waals surface area (Å²) in [5, 5.41) is 1.02. The first-order valence-electron chi connectivity index (χ1n) is 7.82. The highest BCUT2D eigenvalue weighted by atomic mass is 16.1. The molecule has 0 amide bonds. The number of nitrogens with one attached hydrogen (secondary N) is 1. The van der Waals surface area contributed by atoms with Crippen molar-refractivity contribution >= 4 is 17.2 Å². The van der Waals surface area contributed by atoms with E-state index in [1.54, 1.807) is 0 Å². The molecule has 0 saturated carbocycles. The molecule has 0 aliphatic rings. The Balaban J connectivity index is 2.22. The van der Waals surface area contributed by atoms with E-state index in [-0.39, 0.29) is 0 Å². The van der Waals surface area contributed by atoms with Crippen LogP contribution in [0, 0.1) is 6.92 Å². The molecule has 3 rings (SSSR count). The van der Waals surface area contributed by atoms with Crippen LogP contribution in [-0.2, 0) is 0 Å². The van der Waals surface area contributed by atoms with Crippen LogP contribution in [0.2, 0.25) is 0 Å². The minimum atomic E-state index is 0.501. The SMILES string of the molecule is CCC(C)c1ccc2[nH]c(-c3cccc(C)c3)c(C=O)c2c1. The van der Waals surface area contributed by atoms with Crippen LogP contribution in [0.5, 0.6) is 0 Å². The lowest BCUT2D eigenvalue weighted by atomic mass is 9.96. The largest absolute Gasteiger partial charge is 0.354 e. The number of aryl methyl sites for hydroxylation is 1. The van der Waals surface area contributed by atoms with Gasteiger partial charge in [0.1, 0.15) is 0 Å². The molecule has 0 saturated heterocycles. The Kier molecular flexibility index (Phi) is 3.84. The van der Waals surface area contributed by atoms with Gasteiger partial charge in [0, 0.05) is 16.5 Å². The maximum absolute atomic E-state index is 11.7. The number of aromatic amines is 1. The third-order valence-corrected chi connectivity index (χ3v) is 4.47. The molecule has 0 radical (unpaired) electrons. The van der Waals surface area contributed by atoms with Crippen molar-refractivity contribution in [3.63, 3.8) is 0 Å². The maximum atomic E-state index is 11.7. The second kappa shape index (κ2) is 5.80. The number of aromatic nitrogens is 1. The van der Waals surface area contributed by atoms with E-state index >= 15 is 0 Å². The van der Waals surface area contributed by atoms with Gasteiger partial charge in [-0.2, -0.15) is 0 Å². The zero-order valence-electron chi connectivity index (χ0n) is 13.3. The molecule has 0 fully saturated rings. The molecule has 2 aromatic carbocycles. The summed E-state index contributed by atoms with van der Waals surface area (Å²) in [5.74, 6) is 0.501. The zero-order valence-corrected chi connectivity index (χ0v) is 13.3. The van der Waals surface area contributed by atoms with Crippen molar-refractivity contribution < 1.29 is 4.79 Å². The first-order chi connectivity index (χ1) is 10.6. The molecule has 2 heteroatoms. The first kappa shape index (κ1) is 14.6. The molecule has 0 aliphatic carbocycles. The summed E-state index contributed by atoms with van der Waals surface area (Å²) in [5.41, 5.74) is 6.22. The van der Waals surface area contributed by atoms with E-state index in [9.17, 15) is 4.79 Å². The Morgan fingerprint density at radius 3 is 2.68 bits per heavy atom. The summed E-state index contributed by atoms with van der Waals surface area (Å²) >= 11 is 0. The molecule has 2 nitrogen and oxygen atoms in total. The van der Waals surface area contributed by atoms with Gasteiger partial charge in [-0.3, -0.25) is 4.79 Å². The summed E-state index contributed by atoms with van der Waals surface area (Å²) in [6.07, 6.45) is 2.06. The number of benzene rings is 2. The Morgan fingerprint density at radius 2 is 2.00 bits per heavy atom. The van der Waals surface area contributed by atoms with E-state index in [2.05, 4.69) is 56.1 Å². The van der Waals surface area contributed by atoms with Crippen molar-refractivity contribution in [3.05, 3.63) is 59.2 Å². The molecule has 1 N–H and O–H groups in total. The molecule has 1 aromatic heterocycles. The van der Waals surface area contributed by atoms with Gasteiger partial charge in [0.05, 0.1) is 5.69 Å². The van der Waals surface area contributed by atoms with Gasteiger partial charge in [-0.05, 0) is 48.6 Å². The third-order valence-electron chi connectivity index (χ3n) is 4.47. The lowest BCUT2D eigenvalue weighted by Gasteiger charge is -2.08. The number of hydrogen-bond acceptors (Lipinski definition) is 1. The number of H-pyrrole nitrogens is 1. The van der Waals surface area contributed by atoms with E-state index in [1.807, 2.05) is 12.1 Å². The molecule has 112 valence electrons. The number of carbonyl (C=O) groups excluding carboxylic acids is 1. The smallest absolute Gasteiger partial charge is 0.152 e. The number of carbonyl (C=O) groups is 1. The summed E-state index contributed by atoms with van der Waals surface area (Å²) < 4.78 is 0. The fourth-order valence-corrected chi connectivity index (χ4v) is 2.92. The minimum Gasteiger partial charge on any atom is -0.354 e. The second-order valence-electron chi connectivity index (χ2n) is 6.02. The van der Waals surface area contributed by atoms with Gasteiger partial charge in [-0.15, -0.1) is 0 Å². The highest BCUT2D eigenvalue weighted by molar-refractivity contribution is 6.04. The monoisotopic (exact) mass is 291 g/mol. The summed E-state index contributed by atoms with van der Waals surface area (Å²) in [6, 6.07) is 14.6. The van der Waals surface area contributed by atoms with E-state index in [0.717, 1.165) is 40.4 Å². The van der Waals surface area contributed by atoms with Crippen LogP contribution in [-0.4, -0.2) is 11.3 Å². The van der Waals surface area contributed by atoms with Gasteiger partial charge in [-0.1, -0.05) is 43.7 Å². The van der Waals surface area contributed by atoms with Gasteiger partial charge in [0.25, 0.3) is 0 Å². The van der Waals surface area contributed by atoms with Crippen molar-refractivity contribution in [1.29, 1.82) is 0 Å². The molecule has 3 aromatic rings. The minimum absolute atomic E-state index is 0.501. The van der Waals surface area contributed by atoms with E-state index in [4.69, 9.17) is 0 Å². The lowest BCUT2D eigenvalue weighted by Crippen LogP contribution is -1.91. The van der Waals surface area contributed by atoms with E-state index in [0.29, 0.717) is 5.92 Å². The van der Waals surface area contributed by atoms with Crippen LogP contribution in [0.1, 0.15) is 47.7 Å². The quantitative estimate of drug-likeness (QED) is 0.635. The average Bonchev–Trinajstić information content (AvgIpc) is 2.91. The molecule has 0 spiro atoms. The molecule has 22 heavy (non-hydrogen) atoms. The summed E-state index contributed by atoms with van der Waals surface area (Å²) in [4.78, 5) is 15.1. The van der Waals surface area contributed by atoms with Gasteiger partial charge in [0.15, 0.2) is 6.29 Å². The Bertz CT molecular complexity index is 829. The number of hydrogen-bond donors (Lipinski definition) is 1. The number of fused-ring (bicyclic) bond motifs is 1. The standard InChI is InChI=1S/C20H21NO/c1-4-14(3)15-8-9-19-17(11-15)18(12-22)20(21-19)16-7-5-6-13(2)10-16/h5-12,14,21H,4H2,1-3H3. The Hall–Kier alpha value is -2.35. The van der Waals surface area contributed by atoms with Crippen LogP contribution < -0.4 is 0 Å². The van der Waals surface area contributed by atoms with Crippen molar-refractivity contribution in [2.75, 3.05) is 0 Å². The molecule has 0 aliphatic heterocycles. The zero-order chi connectivity index (χ0) is 15.7. The van der Waals surface area contributed by atoms with E-state index in [1.165, 1.54) is 11.1 Å². The highest BCUT2D eigenvalue weighted by Gasteiger charge is 2.14. The summed E-state index contributed by atoms with van der Waals surface area (Å²) in [6.45, 7) is 6.47. The third kappa shape index (κ3) is 2.45. The van der Waals surface area contributed by atoms with Crippen molar-refractivity contribution in [1.82, 2.24) is 4.98 Å². The Morgan fingerprint density at radius 1 is 1.18 bits per heavy atom. The van der Waals surface area contributed by atoms with E-state index < -0.39 is 0 Å². The Labute approximate surface area is 131 Å². The predicted molar refractivity (Wildman–Crippen MR) is 92.6 cm³/mol. The van der Waals surface area contributed by atoms with Crippen LogP contribution >= 0.6 is 0 Å². The van der Waals surface area contributed by atoms with Gasteiger partial charge in [-0.25, -0.2) is 0 Å². The summed E-state index contributed by atoms with van der Waals surface area (Å²) in [7, 11) is 0. The lowest BCUT2D eigenvalue weighted by molar-refractivity contribution is 0.112. The molecular weight excluding hydrogens is 270 g/mol. The fourth-order valence-electron chi connectivity index (χ4n) is 2.92. The molecule has 0 bridgehead atoms. The van der Waals surface area contributed by atoms with Gasteiger partial charge >= 0.3 is 0 Å². The van der Waals surface area contributed by atoms with Crippen LogP contribution in [0.15, 0.2) is 42.5 Å². The average molecular weight is 291 g/mol.